The molecule has 0 amide bonds. The SMILES string of the molecule is CCNC(c1cccnc1OC)C1CCCCC1CC. The third-order valence-corrected chi connectivity index (χ3v) is 4.67. The number of hydrogen-bond donors (Lipinski definition) is 1. The molecule has 1 aromatic rings. The van der Waals surface area contributed by atoms with E-state index in [-0.39, 0.29) is 0 Å². The second kappa shape index (κ2) is 7.63. The Bertz CT molecular complexity index is 408. The first-order chi connectivity index (χ1) is 9.81. The highest BCUT2D eigenvalue weighted by Crippen LogP contribution is 2.41. The first kappa shape index (κ1) is 15.3. The van der Waals surface area contributed by atoms with Crippen molar-refractivity contribution in [3.63, 3.8) is 0 Å². The Morgan fingerprint density at radius 1 is 1.35 bits per heavy atom. The van der Waals surface area contributed by atoms with Gasteiger partial charge in [0.05, 0.1) is 7.11 Å². The number of rotatable bonds is 6. The predicted molar refractivity (Wildman–Crippen MR) is 82.9 cm³/mol. The lowest BCUT2D eigenvalue weighted by Gasteiger charge is -2.37. The molecule has 1 fully saturated rings. The van der Waals surface area contributed by atoms with Crippen molar-refractivity contribution in [3.05, 3.63) is 23.9 Å². The summed E-state index contributed by atoms with van der Waals surface area (Å²) in [5.74, 6) is 2.29. The number of pyridine rings is 1. The fraction of sp³-hybridized carbons (Fsp3) is 0.706. The van der Waals surface area contributed by atoms with Gasteiger partial charge in [-0.15, -0.1) is 0 Å². The van der Waals surface area contributed by atoms with Crippen LogP contribution in [0.25, 0.3) is 0 Å². The quantitative estimate of drug-likeness (QED) is 0.854. The smallest absolute Gasteiger partial charge is 0.217 e. The minimum atomic E-state index is 0.369. The van der Waals surface area contributed by atoms with Crippen LogP contribution in [0.5, 0.6) is 5.88 Å². The number of hydrogen-bond acceptors (Lipinski definition) is 3. The Kier molecular flexibility index (Phi) is 5.84. The average molecular weight is 276 g/mol. The standard InChI is InChI=1S/C17H28N2O/c1-4-13-9-6-7-10-14(13)16(18-5-2)15-11-8-12-19-17(15)20-3/h8,11-14,16,18H,4-7,9-10H2,1-3H3. The molecule has 1 N–H and O–H groups in total. The monoisotopic (exact) mass is 276 g/mol. The number of ether oxygens (including phenoxy) is 1. The van der Waals surface area contributed by atoms with Crippen molar-refractivity contribution in [2.45, 2.75) is 52.0 Å². The Morgan fingerprint density at radius 2 is 2.15 bits per heavy atom. The summed E-state index contributed by atoms with van der Waals surface area (Å²) in [4.78, 5) is 4.38. The largest absolute Gasteiger partial charge is 0.481 e. The van der Waals surface area contributed by atoms with E-state index in [1.165, 1.54) is 37.7 Å². The van der Waals surface area contributed by atoms with Crippen molar-refractivity contribution >= 4 is 0 Å². The van der Waals surface area contributed by atoms with Gasteiger partial charge < -0.3 is 10.1 Å². The molecule has 2 rings (SSSR count). The molecule has 3 atom stereocenters. The lowest BCUT2D eigenvalue weighted by molar-refractivity contribution is 0.174. The molecule has 0 spiro atoms. The van der Waals surface area contributed by atoms with Crippen LogP contribution >= 0.6 is 0 Å². The zero-order chi connectivity index (χ0) is 14.4. The summed E-state index contributed by atoms with van der Waals surface area (Å²) in [5.41, 5.74) is 1.22. The number of nitrogens with zero attached hydrogens (tertiary/aromatic N) is 1. The topological polar surface area (TPSA) is 34.2 Å². The Labute approximate surface area is 123 Å². The Hall–Kier alpha value is -1.09. The highest BCUT2D eigenvalue weighted by Gasteiger charge is 2.32. The van der Waals surface area contributed by atoms with Crippen molar-refractivity contribution in [3.8, 4) is 5.88 Å². The molecule has 112 valence electrons. The normalized spacial score (nSPS) is 24.4. The summed E-state index contributed by atoms with van der Waals surface area (Å²) in [6.45, 7) is 5.49. The van der Waals surface area contributed by atoms with E-state index in [1.807, 2.05) is 12.3 Å². The van der Waals surface area contributed by atoms with Gasteiger partial charge in [-0.2, -0.15) is 0 Å². The van der Waals surface area contributed by atoms with Gasteiger partial charge in [-0.25, -0.2) is 4.98 Å². The number of aromatic nitrogens is 1. The number of nitrogens with one attached hydrogen (secondary N) is 1. The molecule has 1 aliphatic rings. The molecule has 1 heterocycles. The molecule has 0 aliphatic heterocycles. The molecule has 0 bridgehead atoms. The van der Waals surface area contributed by atoms with Crippen LogP contribution in [0.3, 0.4) is 0 Å². The molecule has 20 heavy (non-hydrogen) atoms. The third kappa shape index (κ3) is 3.32. The van der Waals surface area contributed by atoms with E-state index in [4.69, 9.17) is 4.74 Å². The van der Waals surface area contributed by atoms with Gasteiger partial charge in [-0.3, -0.25) is 0 Å². The van der Waals surface area contributed by atoms with E-state index in [0.29, 0.717) is 12.0 Å². The van der Waals surface area contributed by atoms with Gasteiger partial charge >= 0.3 is 0 Å². The van der Waals surface area contributed by atoms with Crippen LogP contribution < -0.4 is 10.1 Å². The molecule has 0 radical (unpaired) electrons. The molecule has 3 heteroatoms. The summed E-state index contributed by atoms with van der Waals surface area (Å²) in [5, 5.41) is 3.69. The van der Waals surface area contributed by atoms with Crippen LogP contribution in [0.1, 0.15) is 57.6 Å². The second-order valence-corrected chi connectivity index (χ2v) is 5.75. The van der Waals surface area contributed by atoms with Crippen molar-refractivity contribution in [2.75, 3.05) is 13.7 Å². The molecular weight excluding hydrogens is 248 g/mol. The van der Waals surface area contributed by atoms with Crippen molar-refractivity contribution < 1.29 is 4.74 Å². The maximum atomic E-state index is 5.48. The Balaban J connectivity index is 2.29. The maximum absolute atomic E-state index is 5.48. The lowest BCUT2D eigenvalue weighted by Crippen LogP contribution is -2.34. The van der Waals surface area contributed by atoms with Crippen LogP contribution in [-0.4, -0.2) is 18.6 Å². The van der Waals surface area contributed by atoms with Crippen LogP contribution in [-0.2, 0) is 0 Å². The van der Waals surface area contributed by atoms with Crippen LogP contribution in [0.2, 0.25) is 0 Å². The van der Waals surface area contributed by atoms with E-state index in [9.17, 15) is 0 Å². The van der Waals surface area contributed by atoms with Crippen LogP contribution in [0.15, 0.2) is 18.3 Å². The van der Waals surface area contributed by atoms with E-state index >= 15 is 0 Å². The van der Waals surface area contributed by atoms with Crippen LogP contribution in [0.4, 0.5) is 0 Å². The molecule has 0 saturated heterocycles. The highest BCUT2D eigenvalue weighted by atomic mass is 16.5. The average Bonchev–Trinajstić information content (AvgIpc) is 2.52. The van der Waals surface area contributed by atoms with Gasteiger partial charge in [-0.05, 0) is 30.9 Å². The van der Waals surface area contributed by atoms with Crippen molar-refractivity contribution in [1.29, 1.82) is 0 Å². The third-order valence-electron chi connectivity index (χ3n) is 4.67. The molecule has 1 aromatic heterocycles. The van der Waals surface area contributed by atoms with Crippen LogP contribution in [0, 0.1) is 11.8 Å². The summed E-state index contributed by atoms with van der Waals surface area (Å²) in [6.07, 6.45) is 8.50. The van der Waals surface area contributed by atoms with Gasteiger partial charge in [-0.1, -0.05) is 45.6 Å². The fourth-order valence-corrected chi connectivity index (χ4v) is 3.70. The minimum Gasteiger partial charge on any atom is -0.481 e. The molecule has 3 unspecified atom stereocenters. The molecular formula is C17H28N2O. The zero-order valence-electron chi connectivity index (χ0n) is 13.1. The summed E-state index contributed by atoms with van der Waals surface area (Å²) in [7, 11) is 1.72. The zero-order valence-corrected chi connectivity index (χ0v) is 13.1. The van der Waals surface area contributed by atoms with Gasteiger partial charge in [0.25, 0.3) is 0 Å². The summed E-state index contributed by atoms with van der Waals surface area (Å²) < 4.78 is 5.48. The lowest BCUT2D eigenvalue weighted by atomic mass is 9.72. The molecule has 0 aromatic carbocycles. The van der Waals surface area contributed by atoms with E-state index in [0.717, 1.165) is 18.3 Å². The van der Waals surface area contributed by atoms with E-state index < -0.39 is 0 Å². The van der Waals surface area contributed by atoms with Crippen molar-refractivity contribution in [1.82, 2.24) is 10.3 Å². The van der Waals surface area contributed by atoms with Crippen molar-refractivity contribution in [2.24, 2.45) is 11.8 Å². The van der Waals surface area contributed by atoms with Gasteiger partial charge in [0, 0.05) is 17.8 Å². The Morgan fingerprint density at radius 3 is 2.85 bits per heavy atom. The number of methoxy groups -OCH3 is 1. The summed E-state index contributed by atoms with van der Waals surface area (Å²) >= 11 is 0. The van der Waals surface area contributed by atoms with Gasteiger partial charge in [0.15, 0.2) is 0 Å². The maximum Gasteiger partial charge on any atom is 0.217 e. The first-order valence-electron chi connectivity index (χ1n) is 8.04. The highest BCUT2D eigenvalue weighted by molar-refractivity contribution is 5.29. The first-order valence-corrected chi connectivity index (χ1v) is 8.04. The second-order valence-electron chi connectivity index (χ2n) is 5.75. The van der Waals surface area contributed by atoms with Gasteiger partial charge in [0.1, 0.15) is 0 Å². The van der Waals surface area contributed by atoms with E-state index in [1.54, 1.807) is 7.11 Å². The molecule has 1 saturated carbocycles. The van der Waals surface area contributed by atoms with E-state index in [2.05, 4.69) is 30.2 Å². The molecule has 3 nitrogen and oxygen atoms in total. The molecule has 1 aliphatic carbocycles. The fourth-order valence-electron chi connectivity index (χ4n) is 3.70. The van der Waals surface area contributed by atoms with Gasteiger partial charge in [0.2, 0.25) is 5.88 Å². The summed E-state index contributed by atoms with van der Waals surface area (Å²) in [6, 6.07) is 4.56. The minimum absolute atomic E-state index is 0.369. The predicted octanol–water partition coefficient (Wildman–Crippen LogP) is 3.96.